The SMILES string of the molecule is CC(C)Cc1cc(C#N)cc(C(C)CO)c1. The molecule has 1 aromatic rings. The summed E-state index contributed by atoms with van der Waals surface area (Å²) in [5.74, 6) is 0.672. The second kappa shape index (κ2) is 5.67. The fourth-order valence-corrected chi connectivity index (χ4v) is 1.76. The Morgan fingerprint density at radius 1 is 1.25 bits per heavy atom. The van der Waals surface area contributed by atoms with Crippen LogP contribution >= 0.6 is 0 Å². The predicted molar refractivity (Wildman–Crippen MR) is 65.2 cm³/mol. The van der Waals surface area contributed by atoms with Gasteiger partial charge in [0.1, 0.15) is 0 Å². The molecular formula is C14H19NO. The van der Waals surface area contributed by atoms with Crippen LogP contribution < -0.4 is 0 Å². The van der Waals surface area contributed by atoms with Gasteiger partial charge in [-0.05, 0) is 35.6 Å². The molecule has 2 nitrogen and oxygen atoms in total. The lowest BCUT2D eigenvalue weighted by atomic mass is 9.94. The van der Waals surface area contributed by atoms with Crippen molar-refractivity contribution in [2.45, 2.75) is 33.1 Å². The van der Waals surface area contributed by atoms with E-state index in [4.69, 9.17) is 10.4 Å². The Balaban J connectivity index is 3.06. The number of hydrogen-bond donors (Lipinski definition) is 1. The summed E-state index contributed by atoms with van der Waals surface area (Å²) in [6.07, 6.45) is 0.973. The van der Waals surface area contributed by atoms with Crippen molar-refractivity contribution in [1.82, 2.24) is 0 Å². The van der Waals surface area contributed by atoms with Gasteiger partial charge in [0.05, 0.1) is 11.6 Å². The van der Waals surface area contributed by atoms with E-state index in [-0.39, 0.29) is 12.5 Å². The average Bonchev–Trinajstić information content (AvgIpc) is 2.26. The summed E-state index contributed by atoms with van der Waals surface area (Å²) in [6.45, 7) is 6.41. The van der Waals surface area contributed by atoms with E-state index >= 15 is 0 Å². The molecule has 1 unspecified atom stereocenters. The molecular weight excluding hydrogens is 198 g/mol. The first-order valence-electron chi connectivity index (χ1n) is 5.71. The number of rotatable bonds is 4. The first-order valence-corrected chi connectivity index (χ1v) is 5.71. The van der Waals surface area contributed by atoms with E-state index in [0.717, 1.165) is 12.0 Å². The van der Waals surface area contributed by atoms with Crippen LogP contribution in [-0.4, -0.2) is 11.7 Å². The van der Waals surface area contributed by atoms with E-state index in [1.807, 2.05) is 19.1 Å². The molecule has 0 heterocycles. The van der Waals surface area contributed by atoms with Gasteiger partial charge in [0.15, 0.2) is 0 Å². The molecule has 0 amide bonds. The zero-order valence-corrected chi connectivity index (χ0v) is 10.2. The molecule has 0 saturated carbocycles. The Morgan fingerprint density at radius 3 is 2.44 bits per heavy atom. The predicted octanol–water partition coefficient (Wildman–Crippen LogP) is 2.85. The van der Waals surface area contributed by atoms with Crippen LogP contribution in [0.3, 0.4) is 0 Å². The third-order valence-electron chi connectivity index (χ3n) is 2.63. The second-order valence-electron chi connectivity index (χ2n) is 4.76. The van der Waals surface area contributed by atoms with E-state index in [1.54, 1.807) is 0 Å². The largest absolute Gasteiger partial charge is 0.396 e. The third kappa shape index (κ3) is 3.36. The first-order chi connectivity index (χ1) is 7.56. The highest BCUT2D eigenvalue weighted by molar-refractivity contribution is 5.39. The molecule has 1 aromatic carbocycles. The summed E-state index contributed by atoms with van der Waals surface area (Å²) in [7, 11) is 0. The molecule has 1 atom stereocenters. The molecule has 1 N–H and O–H groups in total. The third-order valence-corrected chi connectivity index (χ3v) is 2.63. The Labute approximate surface area is 97.5 Å². The normalized spacial score (nSPS) is 12.5. The van der Waals surface area contributed by atoms with Crippen molar-refractivity contribution in [2.24, 2.45) is 5.92 Å². The lowest BCUT2D eigenvalue weighted by Crippen LogP contribution is -2.02. The minimum Gasteiger partial charge on any atom is -0.396 e. The van der Waals surface area contributed by atoms with Gasteiger partial charge >= 0.3 is 0 Å². The molecule has 0 saturated heterocycles. The van der Waals surface area contributed by atoms with Crippen molar-refractivity contribution in [2.75, 3.05) is 6.61 Å². The summed E-state index contributed by atoms with van der Waals surface area (Å²) in [5.41, 5.74) is 2.93. The molecule has 0 radical (unpaired) electrons. The monoisotopic (exact) mass is 217 g/mol. The molecule has 0 aromatic heterocycles. The van der Waals surface area contributed by atoms with Crippen LogP contribution in [0.5, 0.6) is 0 Å². The second-order valence-corrected chi connectivity index (χ2v) is 4.76. The van der Waals surface area contributed by atoms with Crippen molar-refractivity contribution in [3.63, 3.8) is 0 Å². The molecule has 0 bridgehead atoms. The van der Waals surface area contributed by atoms with E-state index in [2.05, 4.69) is 26.0 Å². The van der Waals surface area contributed by atoms with Crippen LogP contribution in [0.15, 0.2) is 18.2 Å². The van der Waals surface area contributed by atoms with Crippen LogP contribution in [0.4, 0.5) is 0 Å². The fraction of sp³-hybridized carbons (Fsp3) is 0.500. The number of benzene rings is 1. The Hall–Kier alpha value is -1.33. The molecule has 86 valence electrons. The van der Waals surface area contributed by atoms with Gasteiger partial charge in [0, 0.05) is 12.5 Å². The fourth-order valence-electron chi connectivity index (χ4n) is 1.76. The zero-order valence-electron chi connectivity index (χ0n) is 10.2. The van der Waals surface area contributed by atoms with Gasteiger partial charge in [-0.2, -0.15) is 5.26 Å². The molecule has 2 heteroatoms. The maximum absolute atomic E-state index is 9.14. The Kier molecular flexibility index (Phi) is 4.52. The van der Waals surface area contributed by atoms with Gasteiger partial charge in [0.2, 0.25) is 0 Å². The number of aliphatic hydroxyl groups excluding tert-OH is 1. The highest BCUT2D eigenvalue weighted by Crippen LogP contribution is 2.20. The topological polar surface area (TPSA) is 44.0 Å². The van der Waals surface area contributed by atoms with Crippen LogP contribution in [0.25, 0.3) is 0 Å². The molecule has 0 aliphatic carbocycles. The summed E-state index contributed by atoms with van der Waals surface area (Å²) >= 11 is 0. The Morgan fingerprint density at radius 2 is 1.94 bits per heavy atom. The number of nitrogens with zero attached hydrogens (tertiary/aromatic N) is 1. The quantitative estimate of drug-likeness (QED) is 0.842. The number of nitriles is 1. The molecule has 0 aliphatic rings. The molecule has 0 aliphatic heterocycles. The van der Waals surface area contributed by atoms with E-state index in [0.29, 0.717) is 11.5 Å². The van der Waals surface area contributed by atoms with E-state index in [9.17, 15) is 0 Å². The molecule has 0 fully saturated rings. The van der Waals surface area contributed by atoms with Crippen LogP contribution in [-0.2, 0) is 6.42 Å². The van der Waals surface area contributed by atoms with Crippen molar-refractivity contribution in [1.29, 1.82) is 5.26 Å². The zero-order chi connectivity index (χ0) is 12.1. The minimum absolute atomic E-state index is 0.0965. The van der Waals surface area contributed by atoms with Crippen molar-refractivity contribution >= 4 is 0 Å². The van der Waals surface area contributed by atoms with E-state index < -0.39 is 0 Å². The van der Waals surface area contributed by atoms with Gasteiger partial charge in [-0.25, -0.2) is 0 Å². The highest BCUT2D eigenvalue weighted by atomic mass is 16.3. The van der Waals surface area contributed by atoms with Gasteiger partial charge < -0.3 is 5.11 Å². The van der Waals surface area contributed by atoms with Crippen LogP contribution in [0.1, 0.15) is 43.4 Å². The van der Waals surface area contributed by atoms with E-state index in [1.165, 1.54) is 5.56 Å². The van der Waals surface area contributed by atoms with Gasteiger partial charge in [-0.15, -0.1) is 0 Å². The standard InChI is InChI=1S/C14H19NO/c1-10(2)4-12-5-13(8-15)7-14(6-12)11(3)9-16/h5-7,10-11,16H,4,9H2,1-3H3. The summed E-state index contributed by atoms with van der Waals surface area (Å²) in [4.78, 5) is 0. The maximum Gasteiger partial charge on any atom is 0.0991 e. The van der Waals surface area contributed by atoms with Gasteiger partial charge in [-0.1, -0.05) is 26.8 Å². The summed E-state index contributed by atoms with van der Waals surface area (Å²) in [5, 5.41) is 18.1. The van der Waals surface area contributed by atoms with Crippen molar-refractivity contribution in [3.05, 3.63) is 34.9 Å². The van der Waals surface area contributed by atoms with Crippen LogP contribution in [0, 0.1) is 17.2 Å². The lowest BCUT2D eigenvalue weighted by Gasteiger charge is -2.12. The number of hydrogen-bond acceptors (Lipinski definition) is 2. The molecule has 0 spiro atoms. The maximum atomic E-state index is 9.14. The van der Waals surface area contributed by atoms with Gasteiger partial charge in [0.25, 0.3) is 0 Å². The number of aliphatic hydroxyl groups is 1. The summed E-state index contributed by atoms with van der Waals surface area (Å²) in [6, 6.07) is 8.08. The Bertz CT molecular complexity index is 390. The van der Waals surface area contributed by atoms with Gasteiger partial charge in [-0.3, -0.25) is 0 Å². The summed E-state index contributed by atoms with van der Waals surface area (Å²) < 4.78 is 0. The first kappa shape index (κ1) is 12.7. The highest BCUT2D eigenvalue weighted by Gasteiger charge is 2.08. The van der Waals surface area contributed by atoms with Crippen LogP contribution in [0.2, 0.25) is 0 Å². The minimum atomic E-state index is 0.0965. The average molecular weight is 217 g/mol. The smallest absolute Gasteiger partial charge is 0.0991 e. The molecule has 16 heavy (non-hydrogen) atoms. The molecule has 1 rings (SSSR count). The lowest BCUT2D eigenvalue weighted by molar-refractivity contribution is 0.273. The van der Waals surface area contributed by atoms with Crippen molar-refractivity contribution in [3.8, 4) is 6.07 Å². The van der Waals surface area contributed by atoms with Crippen molar-refractivity contribution < 1.29 is 5.11 Å².